The highest BCUT2D eigenvalue weighted by molar-refractivity contribution is 8.08. The normalized spacial score (nSPS) is 11.7. The van der Waals surface area contributed by atoms with Crippen LogP contribution in [0.25, 0.3) is 4.91 Å². The molecule has 0 unspecified atom stereocenters. The van der Waals surface area contributed by atoms with Gasteiger partial charge in [-0.15, -0.1) is 0 Å². The van der Waals surface area contributed by atoms with Gasteiger partial charge in [0.2, 0.25) is 0 Å². The first-order valence-electron chi connectivity index (χ1n) is 7.48. The Morgan fingerprint density at radius 1 is 1.28 bits per heavy atom. The number of thioether (sulfide) groups is 1. The predicted octanol–water partition coefficient (Wildman–Crippen LogP) is 4.88. The Morgan fingerprint density at radius 3 is 2.64 bits per heavy atom. The molecule has 2 aromatic rings. The van der Waals surface area contributed by atoms with Gasteiger partial charge in [-0.05, 0) is 48.9 Å². The highest BCUT2D eigenvalue weighted by Gasteiger charge is 2.10. The minimum Gasteiger partial charge on any atom is -0.462 e. The maximum atomic E-state index is 11.7. The van der Waals surface area contributed by atoms with Gasteiger partial charge in [0.15, 0.2) is 0 Å². The summed E-state index contributed by atoms with van der Waals surface area (Å²) in [4.78, 5) is 16.9. The van der Waals surface area contributed by atoms with E-state index in [1.165, 1.54) is 17.8 Å². The molecule has 1 aromatic carbocycles. The number of esters is 1. The lowest BCUT2D eigenvalue weighted by atomic mass is 10.2. The van der Waals surface area contributed by atoms with Gasteiger partial charge in [-0.2, -0.15) is 5.26 Å². The lowest BCUT2D eigenvalue weighted by Crippen LogP contribution is -2.05. The average Bonchev–Trinajstić information content (AvgIpc) is 2.63. The van der Waals surface area contributed by atoms with Crippen LogP contribution in [0.15, 0.2) is 71.4 Å². The third kappa shape index (κ3) is 5.79. The van der Waals surface area contributed by atoms with Crippen LogP contribution in [0.3, 0.4) is 0 Å². The zero-order valence-corrected chi connectivity index (χ0v) is 15.1. The van der Waals surface area contributed by atoms with E-state index in [2.05, 4.69) is 4.98 Å². The van der Waals surface area contributed by atoms with Gasteiger partial charge >= 0.3 is 5.97 Å². The maximum Gasteiger partial charge on any atom is 0.348 e. The van der Waals surface area contributed by atoms with Crippen molar-refractivity contribution in [2.24, 2.45) is 0 Å². The molecule has 6 heteroatoms. The second-order valence-corrected chi connectivity index (χ2v) is 6.22. The minimum absolute atomic E-state index is 0.0602. The SMILES string of the molecule is CCOC(=O)/C(C#N)=C\C=C(/Sc1ccccn1)c1ccc(Cl)cc1. The van der Waals surface area contributed by atoms with E-state index >= 15 is 0 Å². The van der Waals surface area contributed by atoms with E-state index in [1.54, 1.807) is 31.3 Å². The number of benzene rings is 1. The maximum absolute atomic E-state index is 11.7. The van der Waals surface area contributed by atoms with Crippen molar-refractivity contribution < 1.29 is 9.53 Å². The van der Waals surface area contributed by atoms with E-state index in [1.807, 2.05) is 36.4 Å². The number of aromatic nitrogens is 1. The second-order valence-electron chi connectivity index (χ2n) is 4.72. The number of halogens is 1. The molecule has 0 bridgehead atoms. The molecule has 0 radical (unpaired) electrons. The number of allylic oxidation sites excluding steroid dienone is 2. The van der Waals surface area contributed by atoms with Gasteiger partial charge in [-0.1, -0.05) is 41.6 Å². The third-order valence-corrected chi connectivity index (χ3v) is 4.29. The first-order valence-corrected chi connectivity index (χ1v) is 8.67. The van der Waals surface area contributed by atoms with Crippen LogP contribution in [-0.4, -0.2) is 17.6 Å². The largest absolute Gasteiger partial charge is 0.462 e. The van der Waals surface area contributed by atoms with Crippen molar-refractivity contribution in [2.75, 3.05) is 6.61 Å². The van der Waals surface area contributed by atoms with Crippen molar-refractivity contribution in [2.45, 2.75) is 11.9 Å². The van der Waals surface area contributed by atoms with E-state index in [0.29, 0.717) is 5.02 Å². The smallest absolute Gasteiger partial charge is 0.348 e. The number of nitrogens with zero attached hydrogens (tertiary/aromatic N) is 2. The quantitative estimate of drug-likeness (QED) is 0.238. The average molecular weight is 371 g/mol. The van der Waals surface area contributed by atoms with Crippen LogP contribution in [-0.2, 0) is 9.53 Å². The zero-order valence-electron chi connectivity index (χ0n) is 13.5. The third-order valence-electron chi connectivity index (χ3n) is 3.00. The summed E-state index contributed by atoms with van der Waals surface area (Å²) in [5.74, 6) is -0.639. The lowest BCUT2D eigenvalue weighted by molar-refractivity contribution is -0.138. The fraction of sp³-hybridized carbons (Fsp3) is 0.105. The zero-order chi connectivity index (χ0) is 18.1. The Hall–Kier alpha value is -2.55. The van der Waals surface area contributed by atoms with E-state index in [0.717, 1.165) is 15.5 Å². The van der Waals surface area contributed by atoms with Gasteiger partial charge in [0.25, 0.3) is 0 Å². The molecular formula is C19H15ClN2O2S. The molecular weight excluding hydrogens is 356 g/mol. The molecule has 0 N–H and O–H groups in total. The molecule has 1 heterocycles. The number of hydrogen-bond donors (Lipinski definition) is 0. The van der Waals surface area contributed by atoms with E-state index in [4.69, 9.17) is 21.6 Å². The number of hydrogen-bond acceptors (Lipinski definition) is 5. The molecule has 25 heavy (non-hydrogen) atoms. The minimum atomic E-state index is -0.639. The summed E-state index contributed by atoms with van der Waals surface area (Å²) in [6.45, 7) is 1.91. The number of nitriles is 1. The summed E-state index contributed by atoms with van der Waals surface area (Å²) < 4.78 is 4.87. The van der Waals surface area contributed by atoms with E-state index in [-0.39, 0.29) is 12.2 Å². The Kier molecular flexibility index (Phi) is 7.27. The molecule has 0 aliphatic rings. The summed E-state index contributed by atoms with van der Waals surface area (Å²) in [5.41, 5.74) is 0.840. The molecule has 2 rings (SSSR count). The molecule has 4 nitrogen and oxygen atoms in total. The fourth-order valence-corrected chi connectivity index (χ4v) is 2.84. The predicted molar refractivity (Wildman–Crippen MR) is 99.9 cm³/mol. The molecule has 0 aliphatic carbocycles. The number of carbonyl (C=O) groups is 1. The molecule has 0 fully saturated rings. The first-order chi connectivity index (χ1) is 12.1. The topological polar surface area (TPSA) is 63.0 Å². The van der Waals surface area contributed by atoms with Gasteiger partial charge < -0.3 is 4.74 Å². The summed E-state index contributed by atoms with van der Waals surface area (Å²) in [5, 5.41) is 10.6. The molecule has 1 aromatic heterocycles. The first kappa shape index (κ1) is 18.8. The van der Waals surface area contributed by atoms with Crippen molar-refractivity contribution in [3.63, 3.8) is 0 Å². The summed E-state index contributed by atoms with van der Waals surface area (Å²) in [6, 6.07) is 14.8. The summed E-state index contributed by atoms with van der Waals surface area (Å²) in [6.07, 6.45) is 4.87. The molecule has 0 amide bonds. The van der Waals surface area contributed by atoms with E-state index in [9.17, 15) is 4.79 Å². The van der Waals surface area contributed by atoms with Crippen LogP contribution in [0.4, 0.5) is 0 Å². The molecule has 0 saturated heterocycles. The second kappa shape index (κ2) is 9.67. The molecule has 0 saturated carbocycles. The van der Waals surface area contributed by atoms with Crippen LogP contribution >= 0.6 is 23.4 Å². The van der Waals surface area contributed by atoms with Crippen molar-refractivity contribution in [1.29, 1.82) is 5.26 Å². The van der Waals surface area contributed by atoms with Crippen LogP contribution < -0.4 is 0 Å². The monoisotopic (exact) mass is 370 g/mol. The Bertz CT molecular complexity index is 825. The summed E-state index contributed by atoms with van der Waals surface area (Å²) in [7, 11) is 0. The van der Waals surface area contributed by atoms with Crippen LogP contribution in [0.1, 0.15) is 12.5 Å². The van der Waals surface area contributed by atoms with Crippen molar-refractivity contribution in [1.82, 2.24) is 4.98 Å². The molecule has 0 aliphatic heterocycles. The van der Waals surface area contributed by atoms with Crippen molar-refractivity contribution >= 4 is 34.2 Å². The van der Waals surface area contributed by atoms with Gasteiger partial charge in [-0.25, -0.2) is 9.78 Å². The highest BCUT2D eigenvalue weighted by Crippen LogP contribution is 2.33. The lowest BCUT2D eigenvalue weighted by Gasteiger charge is -2.07. The van der Waals surface area contributed by atoms with Crippen LogP contribution in [0.5, 0.6) is 0 Å². The number of pyridine rings is 1. The van der Waals surface area contributed by atoms with Crippen LogP contribution in [0.2, 0.25) is 5.02 Å². The van der Waals surface area contributed by atoms with Crippen LogP contribution in [0, 0.1) is 11.3 Å². The molecule has 126 valence electrons. The number of rotatable bonds is 6. The van der Waals surface area contributed by atoms with Crippen molar-refractivity contribution in [3.8, 4) is 6.07 Å². The van der Waals surface area contributed by atoms with Gasteiger partial charge in [-0.3, -0.25) is 0 Å². The van der Waals surface area contributed by atoms with E-state index < -0.39 is 5.97 Å². The Morgan fingerprint density at radius 2 is 2.04 bits per heavy atom. The van der Waals surface area contributed by atoms with Crippen molar-refractivity contribution in [3.05, 3.63) is 77.0 Å². The Balaban J connectivity index is 2.38. The summed E-state index contributed by atoms with van der Waals surface area (Å²) >= 11 is 7.37. The Labute approximate surface area is 155 Å². The molecule has 0 atom stereocenters. The van der Waals surface area contributed by atoms with Gasteiger partial charge in [0.05, 0.1) is 6.61 Å². The molecule has 0 spiro atoms. The van der Waals surface area contributed by atoms with Gasteiger partial charge in [0, 0.05) is 16.1 Å². The standard InChI is InChI=1S/C19H15ClN2O2S/c1-2-24-19(23)15(13-21)8-11-17(14-6-9-16(20)10-7-14)25-18-5-3-4-12-22-18/h3-12H,2H2,1H3/b15-8-,17-11-. The number of carbonyl (C=O) groups excluding carboxylic acids is 1. The fourth-order valence-electron chi connectivity index (χ4n) is 1.84. The number of ether oxygens (including phenoxy) is 1. The highest BCUT2D eigenvalue weighted by atomic mass is 35.5. The van der Waals surface area contributed by atoms with Gasteiger partial charge in [0.1, 0.15) is 16.7 Å².